The van der Waals surface area contributed by atoms with Crippen molar-refractivity contribution in [2.24, 2.45) is 5.92 Å². The molecule has 0 amide bonds. The summed E-state index contributed by atoms with van der Waals surface area (Å²) in [5, 5.41) is 2.62. The zero-order valence-corrected chi connectivity index (χ0v) is 42.7. The van der Waals surface area contributed by atoms with Crippen LogP contribution in [-0.4, -0.2) is 9.97 Å². The highest BCUT2D eigenvalue weighted by Crippen LogP contribution is 2.68. The molecule has 0 saturated carbocycles. The van der Waals surface area contributed by atoms with Crippen LogP contribution in [0.5, 0.6) is 0 Å². The zero-order valence-electron chi connectivity index (χ0n) is 41.8. The van der Waals surface area contributed by atoms with E-state index in [2.05, 4.69) is 262 Å². The summed E-state index contributed by atoms with van der Waals surface area (Å²) in [6.07, 6.45) is 7.88. The van der Waals surface area contributed by atoms with Crippen LogP contribution < -0.4 is 0 Å². The Labute approximate surface area is 446 Å². The van der Waals surface area contributed by atoms with Crippen LogP contribution in [0, 0.1) is 5.92 Å². The number of hydrogen-bond acceptors (Lipinski definition) is 3. The molecule has 1 atom stereocenters. The smallest absolute Gasteiger partial charge is 0.160 e. The molecule has 0 N–H and O–H groups in total. The predicted octanol–water partition coefficient (Wildman–Crippen LogP) is 18.5. The molecule has 3 heteroatoms. The summed E-state index contributed by atoms with van der Waals surface area (Å²) in [5.74, 6) is 1.14. The minimum atomic E-state index is -0.602. The Bertz CT molecular complexity index is 4380. The molecule has 76 heavy (non-hydrogen) atoms. The van der Waals surface area contributed by atoms with Crippen LogP contribution in [0.15, 0.2) is 255 Å². The van der Waals surface area contributed by atoms with Crippen molar-refractivity contribution in [1.29, 1.82) is 0 Å². The lowest BCUT2D eigenvalue weighted by molar-refractivity contribution is 0.633. The molecule has 2 spiro atoms. The van der Waals surface area contributed by atoms with Crippen LogP contribution in [0.3, 0.4) is 0 Å². The Kier molecular flexibility index (Phi) is 9.41. The molecule has 2 heterocycles. The molecule has 1 unspecified atom stereocenters. The lowest BCUT2D eigenvalue weighted by atomic mass is 9.52. The van der Waals surface area contributed by atoms with Gasteiger partial charge in [-0.15, -0.1) is 11.3 Å². The molecular weight excluding hydrogens is 937 g/mol. The second kappa shape index (κ2) is 16.5. The second-order valence-corrected chi connectivity index (χ2v) is 22.2. The Hall–Kier alpha value is -9.02. The van der Waals surface area contributed by atoms with Crippen molar-refractivity contribution in [3.63, 3.8) is 0 Å². The number of thiophene rings is 1. The molecule has 2 nitrogen and oxygen atoms in total. The average Bonchev–Trinajstić information content (AvgIpc) is 4.17. The fraction of sp³-hybridized carbons (Fsp3) is 0.0685. The number of allylic oxidation sites excluding steroid dienone is 4. The van der Waals surface area contributed by atoms with Crippen molar-refractivity contribution in [2.75, 3.05) is 0 Å². The summed E-state index contributed by atoms with van der Waals surface area (Å²) in [6.45, 7) is 2.28. The van der Waals surface area contributed by atoms with E-state index in [0.29, 0.717) is 11.7 Å². The van der Waals surface area contributed by atoms with Gasteiger partial charge in [0.15, 0.2) is 5.82 Å². The van der Waals surface area contributed by atoms with Crippen molar-refractivity contribution in [3.8, 4) is 67.2 Å². The minimum absolute atomic E-state index is 0.429. The molecule has 12 aromatic rings. The molecule has 16 rings (SSSR count). The van der Waals surface area contributed by atoms with Crippen LogP contribution in [0.2, 0.25) is 0 Å². The third-order valence-electron chi connectivity index (χ3n) is 17.1. The maximum atomic E-state index is 5.39. The van der Waals surface area contributed by atoms with Crippen molar-refractivity contribution in [2.45, 2.75) is 24.2 Å². The van der Waals surface area contributed by atoms with Gasteiger partial charge >= 0.3 is 0 Å². The summed E-state index contributed by atoms with van der Waals surface area (Å²) in [4.78, 5) is 10.8. The highest BCUT2D eigenvalue weighted by molar-refractivity contribution is 7.25. The van der Waals surface area contributed by atoms with E-state index in [1.165, 1.54) is 92.5 Å². The van der Waals surface area contributed by atoms with Crippen LogP contribution in [-0.2, 0) is 10.8 Å². The first-order valence-electron chi connectivity index (χ1n) is 26.6. The Morgan fingerprint density at radius 3 is 1.61 bits per heavy atom. The Morgan fingerprint density at radius 1 is 0.368 bits per heavy atom. The standard InChI is InChI=1S/C73H48N2S/c1-45-18-15-23-50(38-45)67-44-68(51-24-16-21-47(39-51)46-19-3-2-4-20-46)75-71(74-67)52-25-17-22-48(40-52)49-36-37-61-56(41-49)57-43-70-58(55-28-7-14-35-69(55)76-70)42-66(57)73(61)64-33-12-10-31-62(64)72(63-32-11-13-34-65(63)73)59-29-8-5-26-53(59)54-27-6-9-30-60(54)72/h2-17,19-45H,18H2,1H3. The van der Waals surface area contributed by atoms with E-state index in [1.54, 1.807) is 0 Å². The number of aromatic nitrogens is 2. The minimum Gasteiger partial charge on any atom is -0.228 e. The number of rotatable bonds is 5. The van der Waals surface area contributed by atoms with E-state index in [-0.39, 0.29) is 0 Å². The van der Waals surface area contributed by atoms with Crippen molar-refractivity contribution < 1.29 is 0 Å². The van der Waals surface area contributed by atoms with E-state index in [4.69, 9.17) is 9.97 Å². The monoisotopic (exact) mass is 984 g/mol. The summed E-state index contributed by atoms with van der Waals surface area (Å²) >= 11 is 1.90. The van der Waals surface area contributed by atoms with Crippen molar-refractivity contribution >= 4 is 37.1 Å². The van der Waals surface area contributed by atoms with Crippen LogP contribution >= 0.6 is 11.3 Å². The molecule has 0 saturated heterocycles. The molecule has 4 aliphatic rings. The molecule has 356 valence electrons. The van der Waals surface area contributed by atoms with Gasteiger partial charge in [-0.2, -0.15) is 0 Å². The maximum Gasteiger partial charge on any atom is 0.160 e. The van der Waals surface area contributed by atoms with E-state index >= 15 is 0 Å². The molecule has 0 aliphatic heterocycles. The molecule has 0 bridgehead atoms. The molecule has 10 aromatic carbocycles. The number of benzene rings is 10. The third kappa shape index (κ3) is 6.09. The first-order chi connectivity index (χ1) is 37.6. The fourth-order valence-corrected chi connectivity index (χ4v) is 15.0. The summed E-state index contributed by atoms with van der Waals surface area (Å²) < 4.78 is 2.62. The van der Waals surface area contributed by atoms with Gasteiger partial charge in [-0.3, -0.25) is 0 Å². The SMILES string of the molecule is CC1C=C(c2cc(-c3cccc(-c4ccccc4)c3)nc(-c3cccc(-c4ccc5c(c4)-c4cc6sc7ccccc7c6cc4C54c5ccccc5C5(c6ccccc6-c6ccccc65)c5ccccc54)c3)n2)C=CC1. The fourth-order valence-electron chi connectivity index (χ4n) is 13.9. The maximum absolute atomic E-state index is 5.39. The Morgan fingerprint density at radius 2 is 0.895 bits per heavy atom. The molecular formula is C73H48N2S. The third-order valence-corrected chi connectivity index (χ3v) is 18.2. The van der Waals surface area contributed by atoms with Gasteiger partial charge < -0.3 is 0 Å². The quantitative estimate of drug-likeness (QED) is 0.172. The van der Waals surface area contributed by atoms with E-state index in [0.717, 1.165) is 51.2 Å². The van der Waals surface area contributed by atoms with Gasteiger partial charge in [0.1, 0.15) is 0 Å². The van der Waals surface area contributed by atoms with Gasteiger partial charge in [-0.1, -0.05) is 219 Å². The van der Waals surface area contributed by atoms with Gasteiger partial charge in [-0.05, 0) is 149 Å². The lowest BCUT2D eigenvalue weighted by Gasteiger charge is -2.48. The van der Waals surface area contributed by atoms with Crippen LogP contribution in [0.4, 0.5) is 0 Å². The van der Waals surface area contributed by atoms with E-state index in [9.17, 15) is 0 Å². The topological polar surface area (TPSA) is 25.8 Å². The molecule has 0 fully saturated rings. The average molecular weight is 985 g/mol. The lowest BCUT2D eigenvalue weighted by Crippen LogP contribution is -2.43. The number of hydrogen-bond donors (Lipinski definition) is 0. The van der Waals surface area contributed by atoms with E-state index in [1.807, 2.05) is 11.3 Å². The van der Waals surface area contributed by atoms with Crippen molar-refractivity contribution in [3.05, 3.63) is 305 Å². The number of fused-ring (bicyclic) bond motifs is 19. The summed E-state index contributed by atoms with van der Waals surface area (Å²) in [7, 11) is 0. The highest BCUT2D eigenvalue weighted by Gasteiger charge is 2.59. The number of nitrogens with zero attached hydrogens (tertiary/aromatic N) is 2. The van der Waals surface area contributed by atoms with Gasteiger partial charge in [0.25, 0.3) is 0 Å². The van der Waals surface area contributed by atoms with Crippen LogP contribution in [0.1, 0.15) is 63.5 Å². The van der Waals surface area contributed by atoms with Gasteiger partial charge in [0.05, 0.1) is 22.2 Å². The van der Waals surface area contributed by atoms with Gasteiger partial charge in [0.2, 0.25) is 0 Å². The van der Waals surface area contributed by atoms with Gasteiger partial charge in [0, 0.05) is 31.3 Å². The largest absolute Gasteiger partial charge is 0.228 e. The predicted molar refractivity (Wildman–Crippen MR) is 316 cm³/mol. The van der Waals surface area contributed by atoms with E-state index < -0.39 is 10.8 Å². The van der Waals surface area contributed by atoms with Crippen molar-refractivity contribution in [1.82, 2.24) is 9.97 Å². The zero-order chi connectivity index (χ0) is 50.1. The summed E-state index contributed by atoms with van der Waals surface area (Å²) in [6, 6.07) is 88.8. The Balaban J connectivity index is 0.908. The molecule has 0 radical (unpaired) electrons. The normalized spacial score (nSPS) is 15.8. The molecule has 4 aliphatic carbocycles. The van der Waals surface area contributed by atoms with Crippen LogP contribution in [0.25, 0.3) is 92.9 Å². The van der Waals surface area contributed by atoms with Gasteiger partial charge in [-0.25, -0.2) is 9.97 Å². The molecule has 2 aromatic heterocycles. The first-order valence-corrected chi connectivity index (χ1v) is 27.4. The summed E-state index contributed by atoms with van der Waals surface area (Å²) in [5.41, 5.74) is 24.5. The highest BCUT2D eigenvalue weighted by atomic mass is 32.1. The first kappa shape index (κ1) is 43.4. The second-order valence-electron chi connectivity index (χ2n) is 21.2.